The standard InChI is InChI=1S/C25H30Cl2N4O/c1-18(2)24(25(28)32)30(16-20-9-6-10-22(26)23(20)27)14-12-21-15-29-17-31(21)13-11-19-7-4-3-5-8-19/h3-10,15,17-18,24H,11-14,16H2,1-2H3,(H2,28,32)/t24-/m0/s1. The Hall–Kier alpha value is -2.34. The Bertz CT molecular complexity index is 1020. The molecule has 0 radical (unpaired) electrons. The molecule has 0 fully saturated rings. The number of halogens is 2. The maximum absolute atomic E-state index is 12.3. The van der Waals surface area contributed by atoms with Crippen molar-refractivity contribution in [3.63, 3.8) is 0 Å². The monoisotopic (exact) mass is 472 g/mol. The van der Waals surface area contributed by atoms with E-state index in [9.17, 15) is 4.79 Å². The van der Waals surface area contributed by atoms with Crippen molar-refractivity contribution in [2.24, 2.45) is 11.7 Å². The minimum atomic E-state index is -0.411. The SMILES string of the molecule is CC(C)[C@@H](C(N)=O)N(CCc1cncn1CCc1ccccc1)Cc1cccc(Cl)c1Cl. The first-order valence-corrected chi connectivity index (χ1v) is 11.6. The number of imidazole rings is 1. The summed E-state index contributed by atoms with van der Waals surface area (Å²) in [6.45, 7) is 6.00. The molecule has 0 unspecified atom stereocenters. The third-order valence-corrected chi connectivity index (χ3v) is 6.52. The molecule has 170 valence electrons. The lowest BCUT2D eigenvalue weighted by Gasteiger charge is -2.32. The van der Waals surface area contributed by atoms with Crippen molar-refractivity contribution in [3.05, 3.63) is 87.9 Å². The number of carbonyl (C=O) groups is 1. The molecule has 7 heteroatoms. The van der Waals surface area contributed by atoms with Crippen molar-refractivity contribution in [1.82, 2.24) is 14.5 Å². The van der Waals surface area contributed by atoms with Gasteiger partial charge in [0.25, 0.3) is 0 Å². The number of nitrogens with two attached hydrogens (primary N) is 1. The van der Waals surface area contributed by atoms with Crippen molar-refractivity contribution in [2.45, 2.75) is 45.8 Å². The van der Waals surface area contributed by atoms with E-state index in [0.29, 0.717) is 23.1 Å². The number of amides is 1. The van der Waals surface area contributed by atoms with Crippen LogP contribution in [0.4, 0.5) is 0 Å². The Morgan fingerprint density at radius 3 is 2.53 bits per heavy atom. The molecule has 1 aromatic heterocycles. The van der Waals surface area contributed by atoms with Crippen LogP contribution in [0.15, 0.2) is 61.1 Å². The minimum Gasteiger partial charge on any atom is -0.368 e. The zero-order valence-electron chi connectivity index (χ0n) is 18.5. The summed E-state index contributed by atoms with van der Waals surface area (Å²) in [5.41, 5.74) is 9.08. The Labute approximate surface area is 200 Å². The summed E-state index contributed by atoms with van der Waals surface area (Å²) < 4.78 is 2.17. The number of aromatic nitrogens is 2. The van der Waals surface area contributed by atoms with Gasteiger partial charge >= 0.3 is 0 Å². The van der Waals surface area contributed by atoms with Gasteiger partial charge in [-0.1, -0.05) is 79.5 Å². The van der Waals surface area contributed by atoms with Gasteiger partial charge in [0.05, 0.1) is 22.4 Å². The van der Waals surface area contributed by atoms with Crippen LogP contribution in [0.25, 0.3) is 0 Å². The van der Waals surface area contributed by atoms with Gasteiger partial charge in [0.1, 0.15) is 0 Å². The summed E-state index contributed by atoms with van der Waals surface area (Å²) in [6.07, 6.45) is 5.43. The molecule has 0 aliphatic heterocycles. The molecule has 2 N–H and O–H groups in total. The lowest BCUT2D eigenvalue weighted by atomic mass is 10.0. The van der Waals surface area contributed by atoms with Crippen LogP contribution in [0.3, 0.4) is 0 Å². The Morgan fingerprint density at radius 1 is 1.09 bits per heavy atom. The van der Waals surface area contributed by atoms with E-state index < -0.39 is 6.04 Å². The van der Waals surface area contributed by atoms with Crippen LogP contribution < -0.4 is 5.73 Å². The topological polar surface area (TPSA) is 64.2 Å². The fraction of sp³-hybridized carbons (Fsp3) is 0.360. The van der Waals surface area contributed by atoms with E-state index in [-0.39, 0.29) is 11.8 Å². The Morgan fingerprint density at radius 2 is 1.84 bits per heavy atom. The van der Waals surface area contributed by atoms with Gasteiger partial charge in [-0.3, -0.25) is 9.69 Å². The highest BCUT2D eigenvalue weighted by molar-refractivity contribution is 6.42. The summed E-state index contributed by atoms with van der Waals surface area (Å²) >= 11 is 12.6. The maximum atomic E-state index is 12.3. The molecular formula is C25H30Cl2N4O. The van der Waals surface area contributed by atoms with Gasteiger partial charge in [-0.2, -0.15) is 0 Å². The number of rotatable bonds is 11. The normalized spacial score (nSPS) is 12.4. The largest absolute Gasteiger partial charge is 0.368 e. The first-order chi connectivity index (χ1) is 15.4. The van der Waals surface area contributed by atoms with E-state index in [0.717, 1.165) is 30.6 Å². The van der Waals surface area contributed by atoms with Crippen molar-refractivity contribution < 1.29 is 4.79 Å². The number of carbonyl (C=O) groups excluding carboxylic acids is 1. The van der Waals surface area contributed by atoms with Crippen molar-refractivity contribution in [3.8, 4) is 0 Å². The van der Waals surface area contributed by atoms with E-state index in [1.54, 1.807) is 6.07 Å². The lowest BCUT2D eigenvalue weighted by molar-refractivity contribution is -0.125. The smallest absolute Gasteiger partial charge is 0.235 e. The van der Waals surface area contributed by atoms with E-state index in [2.05, 4.69) is 38.7 Å². The second-order valence-electron chi connectivity index (χ2n) is 8.34. The van der Waals surface area contributed by atoms with Gasteiger partial charge < -0.3 is 10.3 Å². The molecule has 32 heavy (non-hydrogen) atoms. The summed E-state index contributed by atoms with van der Waals surface area (Å²) in [7, 11) is 0. The van der Waals surface area contributed by atoms with Crippen molar-refractivity contribution >= 4 is 29.1 Å². The van der Waals surface area contributed by atoms with Crippen LogP contribution in [0.2, 0.25) is 10.0 Å². The molecular weight excluding hydrogens is 443 g/mol. The zero-order valence-corrected chi connectivity index (χ0v) is 20.1. The molecule has 1 heterocycles. The van der Waals surface area contributed by atoms with Gasteiger partial charge in [-0.25, -0.2) is 4.98 Å². The predicted octanol–water partition coefficient (Wildman–Crippen LogP) is 4.99. The predicted molar refractivity (Wildman–Crippen MR) is 131 cm³/mol. The highest BCUT2D eigenvalue weighted by Gasteiger charge is 2.28. The van der Waals surface area contributed by atoms with Crippen LogP contribution in [0.1, 0.15) is 30.7 Å². The van der Waals surface area contributed by atoms with Crippen molar-refractivity contribution in [2.75, 3.05) is 6.54 Å². The number of primary amides is 1. The summed E-state index contributed by atoms with van der Waals surface area (Å²) in [4.78, 5) is 18.8. The summed E-state index contributed by atoms with van der Waals surface area (Å²) in [5, 5.41) is 1.02. The van der Waals surface area contributed by atoms with Gasteiger partial charge in [0.15, 0.2) is 0 Å². The van der Waals surface area contributed by atoms with Gasteiger partial charge in [0.2, 0.25) is 5.91 Å². The third kappa shape index (κ3) is 6.35. The first-order valence-electron chi connectivity index (χ1n) is 10.9. The number of aryl methyl sites for hydroxylation is 2. The quantitative estimate of drug-likeness (QED) is 0.427. The molecule has 3 aromatic rings. The molecule has 0 spiro atoms. The number of hydrogen-bond donors (Lipinski definition) is 1. The molecule has 2 aromatic carbocycles. The molecule has 0 bridgehead atoms. The second kappa shape index (κ2) is 11.5. The molecule has 3 rings (SSSR count). The second-order valence-corrected chi connectivity index (χ2v) is 9.12. The van der Waals surface area contributed by atoms with E-state index in [1.807, 2.05) is 44.6 Å². The maximum Gasteiger partial charge on any atom is 0.235 e. The average Bonchev–Trinajstić information content (AvgIpc) is 3.21. The highest BCUT2D eigenvalue weighted by atomic mass is 35.5. The van der Waals surface area contributed by atoms with Crippen LogP contribution in [-0.4, -0.2) is 32.9 Å². The minimum absolute atomic E-state index is 0.0634. The molecule has 1 atom stereocenters. The average molecular weight is 473 g/mol. The summed E-state index contributed by atoms with van der Waals surface area (Å²) in [5.74, 6) is -0.274. The molecule has 5 nitrogen and oxygen atoms in total. The molecule has 1 amide bonds. The highest BCUT2D eigenvalue weighted by Crippen LogP contribution is 2.28. The van der Waals surface area contributed by atoms with Gasteiger partial charge in [-0.15, -0.1) is 0 Å². The molecule has 0 saturated heterocycles. The van der Waals surface area contributed by atoms with Gasteiger partial charge in [-0.05, 0) is 29.5 Å². The molecule has 0 aliphatic carbocycles. The Balaban J connectivity index is 1.75. The number of nitrogens with zero attached hydrogens (tertiary/aromatic N) is 3. The number of benzene rings is 2. The van der Waals surface area contributed by atoms with Crippen LogP contribution in [-0.2, 0) is 30.7 Å². The van der Waals surface area contributed by atoms with E-state index >= 15 is 0 Å². The van der Waals surface area contributed by atoms with Crippen LogP contribution in [0.5, 0.6) is 0 Å². The van der Waals surface area contributed by atoms with Gasteiger partial charge in [0, 0.05) is 37.9 Å². The fourth-order valence-electron chi connectivity index (χ4n) is 4.05. The first kappa shape index (κ1) is 24.3. The Kier molecular flexibility index (Phi) is 8.74. The van der Waals surface area contributed by atoms with Crippen LogP contribution >= 0.6 is 23.2 Å². The molecule has 0 saturated carbocycles. The summed E-state index contributed by atoms with van der Waals surface area (Å²) in [6, 6.07) is 15.6. The zero-order chi connectivity index (χ0) is 23.1. The lowest BCUT2D eigenvalue weighted by Crippen LogP contribution is -2.48. The van der Waals surface area contributed by atoms with E-state index in [1.165, 1.54) is 5.56 Å². The molecule has 0 aliphatic rings. The van der Waals surface area contributed by atoms with Crippen molar-refractivity contribution in [1.29, 1.82) is 0 Å². The van der Waals surface area contributed by atoms with Crippen LogP contribution in [0, 0.1) is 5.92 Å². The number of hydrogen-bond acceptors (Lipinski definition) is 3. The fourth-order valence-corrected chi connectivity index (χ4v) is 4.43. The third-order valence-electron chi connectivity index (χ3n) is 5.66. The van der Waals surface area contributed by atoms with E-state index in [4.69, 9.17) is 28.9 Å².